The Labute approximate surface area is 131 Å². The van der Waals surface area contributed by atoms with E-state index in [-0.39, 0.29) is 23.4 Å². The second kappa shape index (κ2) is 6.53. The van der Waals surface area contributed by atoms with Gasteiger partial charge in [0.1, 0.15) is 6.10 Å². The average molecular weight is 313 g/mol. The lowest BCUT2D eigenvalue weighted by Gasteiger charge is -2.41. The van der Waals surface area contributed by atoms with Crippen molar-refractivity contribution in [2.24, 2.45) is 0 Å². The maximum absolute atomic E-state index is 6.63. The molecule has 0 aliphatic carbocycles. The van der Waals surface area contributed by atoms with Gasteiger partial charge in [0.2, 0.25) is 0 Å². The van der Waals surface area contributed by atoms with Crippen LogP contribution in [0.3, 0.4) is 0 Å². The summed E-state index contributed by atoms with van der Waals surface area (Å²) in [5.74, 6) is 0. The van der Waals surface area contributed by atoms with E-state index in [0.29, 0.717) is 6.10 Å². The van der Waals surface area contributed by atoms with Gasteiger partial charge in [-0.1, -0.05) is 39.8 Å². The predicted octanol–water partition coefficient (Wildman–Crippen LogP) is 4.29. The quantitative estimate of drug-likeness (QED) is 0.431. The van der Waals surface area contributed by atoms with Crippen molar-refractivity contribution in [1.29, 1.82) is 0 Å². The first-order valence-corrected chi connectivity index (χ1v) is 11.3. The van der Waals surface area contributed by atoms with E-state index in [4.69, 9.17) is 13.9 Å². The second-order valence-electron chi connectivity index (χ2n) is 7.85. The molecule has 0 amide bonds. The molecule has 0 aromatic carbocycles. The molecule has 4 heteroatoms. The van der Waals surface area contributed by atoms with Gasteiger partial charge in [-0.15, -0.1) is 0 Å². The van der Waals surface area contributed by atoms with Crippen LogP contribution in [0.4, 0.5) is 0 Å². The number of epoxide rings is 1. The fraction of sp³-hybridized carbons (Fsp3) is 0.882. The summed E-state index contributed by atoms with van der Waals surface area (Å²) >= 11 is 0. The summed E-state index contributed by atoms with van der Waals surface area (Å²) in [5, 5.41) is 0.236. The molecule has 2 aliphatic rings. The molecule has 0 radical (unpaired) electrons. The van der Waals surface area contributed by atoms with Crippen molar-refractivity contribution >= 4 is 8.32 Å². The van der Waals surface area contributed by atoms with E-state index < -0.39 is 8.32 Å². The van der Waals surface area contributed by atoms with E-state index in [2.05, 4.69) is 52.9 Å². The van der Waals surface area contributed by atoms with Gasteiger partial charge in [-0.05, 0) is 37.4 Å². The Bertz CT molecular complexity index is 369. The Kier molecular flexibility index (Phi) is 5.34. The van der Waals surface area contributed by atoms with Gasteiger partial charge in [-0.3, -0.25) is 0 Å². The van der Waals surface area contributed by atoms with E-state index in [1.165, 1.54) is 0 Å². The Hall–Kier alpha value is -0.163. The summed E-state index contributed by atoms with van der Waals surface area (Å²) in [5.41, 5.74) is 0. The molecule has 0 spiro atoms. The zero-order valence-corrected chi connectivity index (χ0v) is 15.5. The fourth-order valence-electron chi connectivity index (χ4n) is 2.52. The molecule has 0 saturated carbocycles. The summed E-state index contributed by atoms with van der Waals surface area (Å²) in [6, 6.07) is 0. The van der Waals surface area contributed by atoms with Gasteiger partial charge in [0.25, 0.3) is 0 Å². The van der Waals surface area contributed by atoms with Crippen molar-refractivity contribution < 1.29 is 13.9 Å². The van der Waals surface area contributed by atoms with E-state index in [1.54, 1.807) is 0 Å². The maximum Gasteiger partial charge on any atom is 0.192 e. The molecule has 0 N–H and O–H groups in total. The molecule has 3 nitrogen and oxygen atoms in total. The number of ether oxygens (including phenoxy) is 2. The van der Waals surface area contributed by atoms with Gasteiger partial charge < -0.3 is 13.9 Å². The van der Waals surface area contributed by atoms with Crippen LogP contribution in [-0.4, -0.2) is 39.3 Å². The van der Waals surface area contributed by atoms with Crippen LogP contribution in [0.1, 0.15) is 47.0 Å². The number of hydrogen-bond donors (Lipinski definition) is 0. The zero-order chi connectivity index (χ0) is 15.7. The third-order valence-electron chi connectivity index (χ3n) is 5.10. The van der Waals surface area contributed by atoms with E-state index in [9.17, 15) is 0 Å². The van der Waals surface area contributed by atoms with Crippen LogP contribution in [0.15, 0.2) is 12.2 Å². The smallest absolute Gasteiger partial charge is 0.192 e. The first-order chi connectivity index (χ1) is 9.74. The lowest BCUT2D eigenvalue weighted by Crippen LogP contribution is -2.48. The molecule has 1 saturated heterocycles. The molecule has 1 fully saturated rings. The van der Waals surface area contributed by atoms with E-state index in [1.807, 2.05) is 0 Å². The lowest BCUT2D eigenvalue weighted by molar-refractivity contribution is -0.0749. The molecule has 2 heterocycles. The SMILES string of the molecule is CC[C@@H](O[Si](C)(C)C(C)(C)C)[C@@H]1CC=CC[C@H]([C@H]2CO2)O1. The van der Waals surface area contributed by atoms with Crippen LogP contribution >= 0.6 is 0 Å². The molecule has 2 aliphatic heterocycles. The van der Waals surface area contributed by atoms with Crippen LogP contribution in [0, 0.1) is 0 Å². The van der Waals surface area contributed by atoms with Crippen molar-refractivity contribution in [1.82, 2.24) is 0 Å². The Morgan fingerprint density at radius 3 is 2.33 bits per heavy atom. The molecule has 0 bridgehead atoms. The van der Waals surface area contributed by atoms with E-state index >= 15 is 0 Å². The summed E-state index contributed by atoms with van der Waals surface area (Å²) in [6.07, 6.45) is 8.30. The molecule has 0 unspecified atom stereocenters. The van der Waals surface area contributed by atoms with Gasteiger partial charge in [-0.25, -0.2) is 0 Å². The third-order valence-corrected chi connectivity index (χ3v) is 9.60. The molecule has 0 aromatic rings. The molecule has 122 valence electrons. The monoisotopic (exact) mass is 312 g/mol. The summed E-state index contributed by atoms with van der Waals surface area (Å²) in [6.45, 7) is 14.6. The molecule has 2 rings (SSSR count). The highest BCUT2D eigenvalue weighted by molar-refractivity contribution is 6.74. The fourth-order valence-corrected chi connectivity index (χ4v) is 3.95. The zero-order valence-electron chi connectivity index (χ0n) is 14.5. The lowest BCUT2D eigenvalue weighted by atomic mass is 10.1. The van der Waals surface area contributed by atoms with Gasteiger partial charge in [0.05, 0.1) is 24.9 Å². The average Bonchev–Trinajstić information content (AvgIpc) is 3.19. The normalized spacial score (nSPS) is 31.8. The van der Waals surface area contributed by atoms with Crippen molar-refractivity contribution in [2.75, 3.05) is 6.61 Å². The van der Waals surface area contributed by atoms with Crippen molar-refractivity contribution in [3.63, 3.8) is 0 Å². The van der Waals surface area contributed by atoms with E-state index in [0.717, 1.165) is 25.9 Å². The van der Waals surface area contributed by atoms with Crippen LogP contribution < -0.4 is 0 Å². The minimum atomic E-state index is -1.76. The van der Waals surface area contributed by atoms with Crippen molar-refractivity contribution in [3.8, 4) is 0 Å². The minimum Gasteiger partial charge on any atom is -0.411 e. The molecule has 4 atom stereocenters. The molecular weight excluding hydrogens is 280 g/mol. The number of hydrogen-bond acceptors (Lipinski definition) is 3. The van der Waals surface area contributed by atoms with Gasteiger partial charge in [0.15, 0.2) is 8.32 Å². The van der Waals surface area contributed by atoms with Crippen molar-refractivity contribution in [3.05, 3.63) is 12.2 Å². The number of rotatable bonds is 5. The topological polar surface area (TPSA) is 31.0 Å². The first-order valence-electron chi connectivity index (χ1n) is 8.34. The predicted molar refractivity (Wildman–Crippen MR) is 89.1 cm³/mol. The van der Waals surface area contributed by atoms with Gasteiger partial charge in [-0.2, -0.15) is 0 Å². The molecule has 0 aromatic heterocycles. The van der Waals surface area contributed by atoms with Crippen LogP contribution in [0.5, 0.6) is 0 Å². The standard InChI is InChI=1S/C17H32O3Si/c1-7-13(20-21(5,6)17(2,3)4)14-10-8-9-11-15(19-14)16-12-18-16/h8-9,13-16H,7,10-12H2,1-6H3/t13-,14+,15-,16-/m1/s1. The first kappa shape index (κ1) is 17.2. The third kappa shape index (κ3) is 4.41. The van der Waals surface area contributed by atoms with Gasteiger partial charge in [0, 0.05) is 0 Å². The second-order valence-corrected chi connectivity index (χ2v) is 12.6. The Balaban J connectivity index is 2.03. The van der Waals surface area contributed by atoms with Crippen LogP contribution in [0.2, 0.25) is 18.1 Å². The molecule has 21 heavy (non-hydrogen) atoms. The Morgan fingerprint density at radius 2 is 1.81 bits per heavy atom. The highest BCUT2D eigenvalue weighted by atomic mass is 28.4. The highest BCUT2D eigenvalue weighted by Gasteiger charge is 2.42. The maximum atomic E-state index is 6.63. The highest BCUT2D eigenvalue weighted by Crippen LogP contribution is 2.39. The molecular formula is C17H32O3Si. The largest absolute Gasteiger partial charge is 0.411 e. The Morgan fingerprint density at radius 1 is 1.19 bits per heavy atom. The summed E-state index contributed by atoms with van der Waals surface area (Å²) in [4.78, 5) is 0. The van der Waals surface area contributed by atoms with Crippen molar-refractivity contribution in [2.45, 2.75) is 89.5 Å². The summed E-state index contributed by atoms with van der Waals surface area (Å²) < 4.78 is 18.4. The summed E-state index contributed by atoms with van der Waals surface area (Å²) in [7, 11) is -1.76. The van der Waals surface area contributed by atoms with Gasteiger partial charge >= 0.3 is 0 Å². The van der Waals surface area contributed by atoms with Crippen LogP contribution in [-0.2, 0) is 13.9 Å². The minimum absolute atomic E-state index is 0.164. The van der Waals surface area contributed by atoms with Crippen LogP contribution in [0.25, 0.3) is 0 Å².